The summed E-state index contributed by atoms with van der Waals surface area (Å²) < 4.78 is 0. The van der Waals surface area contributed by atoms with E-state index in [1.807, 2.05) is 0 Å². The van der Waals surface area contributed by atoms with E-state index in [-0.39, 0.29) is 21.7 Å². The molecular weight excluding hydrogens is 1010 g/mol. The molecule has 0 aromatic heterocycles. The molecule has 3 unspecified atom stereocenters. The summed E-state index contributed by atoms with van der Waals surface area (Å²) in [5.74, 6) is 0.570. The van der Waals surface area contributed by atoms with E-state index in [0.717, 1.165) is 23.5 Å². The highest BCUT2D eigenvalue weighted by Gasteiger charge is 2.52. The summed E-state index contributed by atoms with van der Waals surface area (Å²) in [4.78, 5) is 2.41. The SMILES string of the molecule is CC(CC(C)(c1ccc(-c2ccc3c(c2)C2(c4ccccc4-c4ccc(-c5ccc(-c6ccc(N(c7ccc(-c8ccccc8)cc7)c7ccc8c(c7)C(C)(C)c7ccccc7-8)cc6)cc5)cc42)c2ccccc2-3)cc1)C(C)(C)C)C(C)(C)C. The minimum Gasteiger partial charge on any atom is -0.310 e. The van der Waals surface area contributed by atoms with Gasteiger partial charge in [-0.05, 0) is 194 Å². The molecule has 0 amide bonds. The van der Waals surface area contributed by atoms with Crippen molar-refractivity contribution in [1.29, 1.82) is 0 Å². The maximum atomic E-state index is 2.53. The van der Waals surface area contributed by atoms with Crippen molar-refractivity contribution in [2.45, 2.75) is 91.9 Å². The predicted octanol–water partition coefficient (Wildman–Crippen LogP) is 22.9. The number of fused-ring (bicyclic) bond motifs is 13. The van der Waals surface area contributed by atoms with Crippen molar-refractivity contribution in [3.8, 4) is 77.9 Å². The van der Waals surface area contributed by atoms with Crippen LogP contribution in [0.25, 0.3) is 77.9 Å². The third-order valence-electron chi connectivity index (χ3n) is 20.5. The van der Waals surface area contributed by atoms with E-state index in [9.17, 15) is 0 Å². The lowest BCUT2D eigenvalue weighted by Crippen LogP contribution is -2.40. The fourth-order valence-electron chi connectivity index (χ4n) is 14.7. The first-order valence-electron chi connectivity index (χ1n) is 30.4. The van der Waals surface area contributed by atoms with Gasteiger partial charge in [0, 0.05) is 22.5 Å². The number of hydrogen-bond acceptors (Lipinski definition) is 1. The normalized spacial score (nSPS) is 16.2. The molecule has 11 aromatic carbocycles. The molecule has 3 aliphatic carbocycles. The van der Waals surface area contributed by atoms with Crippen LogP contribution in [-0.2, 0) is 16.2 Å². The largest absolute Gasteiger partial charge is 0.310 e. The number of rotatable bonds is 10. The summed E-state index contributed by atoms with van der Waals surface area (Å²) in [6.45, 7) is 24.1. The highest BCUT2D eigenvalue weighted by molar-refractivity contribution is 5.97. The third-order valence-corrected chi connectivity index (χ3v) is 20.5. The Morgan fingerprint density at radius 3 is 1.14 bits per heavy atom. The highest BCUT2D eigenvalue weighted by atomic mass is 15.1. The molecule has 1 spiro atoms. The molecule has 84 heavy (non-hydrogen) atoms. The minimum absolute atomic E-state index is 0.0133. The molecule has 0 saturated heterocycles. The lowest BCUT2D eigenvalue weighted by Gasteiger charge is -2.46. The third kappa shape index (κ3) is 8.40. The fourth-order valence-corrected chi connectivity index (χ4v) is 14.7. The topological polar surface area (TPSA) is 3.24 Å². The molecule has 0 N–H and O–H groups in total. The molecule has 0 radical (unpaired) electrons. The summed E-state index contributed by atoms with van der Waals surface area (Å²) in [6.07, 6.45) is 1.14. The fraction of sp³-hybridized carbons (Fsp3) is 0.205. The van der Waals surface area contributed by atoms with Gasteiger partial charge in [0.05, 0.1) is 5.41 Å². The van der Waals surface area contributed by atoms with Crippen LogP contribution < -0.4 is 4.90 Å². The van der Waals surface area contributed by atoms with E-state index in [2.05, 4.69) is 329 Å². The Morgan fingerprint density at radius 2 is 0.667 bits per heavy atom. The van der Waals surface area contributed by atoms with Crippen LogP contribution >= 0.6 is 0 Å². The van der Waals surface area contributed by atoms with Crippen LogP contribution in [0.3, 0.4) is 0 Å². The molecule has 14 rings (SSSR count). The average Bonchev–Trinajstić information content (AvgIpc) is 1.56. The maximum Gasteiger partial charge on any atom is 0.0725 e. The molecule has 1 nitrogen and oxygen atoms in total. The van der Waals surface area contributed by atoms with Crippen LogP contribution in [0.1, 0.15) is 115 Å². The first kappa shape index (κ1) is 53.2. The molecule has 0 aliphatic heterocycles. The predicted molar refractivity (Wildman–Crippen MR) is 357 cm³/mol. The van der Waals surface area contributed by atoms with Gasteiger partial charge in [0.2, 0.25) is 0 Å². The number of hydrogen-bond donors (Lipinski definition) is 0. The van der Waals surface area contributed by atoms with Gasteiger partial charge < -0.3 is 4.90 Å². The molecule has 412 valence electrons. The number of benzene rings is 11. The molecular formula is C83H75N. The van der Waals surface area contributed by atoms with Crippen LogP contribution in [0, 0.1) is 16.7 Å². The van der Waals surface area contributed by atoms with Gasteiger partial charge in [0.1, 0.15) is 0 Å². The Labute approximate surface area is 499 Å². The Bertz CT molecular complexity index is 4300. The second-order valence-electron chi connectivity index (χ2n) is 27.3. The summed E-state index contributed by atoms with van der Waals surface area (Å²) in [5.41, 5.74) is 30.4. The molecule has 3 aliphatic rings. The van der Waals surface area contributed by atoms with Gasteiger partial charge in [-0.3, -0.25) is 0 Å². The zero-order chi connectivity index (χ0) is 57.9. The van der Waals surface area contributed by atoms with E-state index in [4.69, 9.17) is 0 Å². The van der Waals surface area contributed by atoms with Gasteiger partial charge in [-0.2, -0.15) is 0 Å². The van der Waals surface area contributed by atoms with E-state index in [1.54, 1.807) is 0 Å². The molecule has 0 bridgehead atoms. The Kier molecular flexibility index (Phi) is 12.5. The van der Waals surface area contributed by atoms with Crippen LogP contribution in [0.15, 0.2) is 255 Å². The first-order chi connectivity index (χ1) is 40.4. The van der Waals surface area contributed by atoms with Gasteiger partial charge in [-0.25, -0.2) is 0 Å². The molecule has 0 heterocycles. The zero-order valence-corrected chi connectivity index (χ0v) is 50.5. The van der Waals surface area contributed by atoms with Crippen molar-refractivity contribution in [3.63, 3.8) is 0 Å². The average molecular weight is 1090 g/mol. The highest BCUT2D eigenvalue weighted by Crippen LogP contribution is 2.64. The van der Waals surface area contributed by atoms with Crippen molar-refractivity contribution in [2.75, 3.05) is 4.90 Å². The molecule has 3 atom stereocenters. The second kappa shape index (κ2) is 19.7. The van der Waals surface area contributed by atoms with Crippen molar-refractivity contribution >= 4 is 17.1 Å². The van der Waals surface area contributed by atoms with Gasteiger partial charge in [-0.15, -0.1) is 0 Å². The smallest absolute Gasteiger partial charge is 0.0725 e. The van der Waals surface area contributed by atoms with Gasteiger partial charge in [0.25, 0.3) is 0 Å². The van der Waals surface area contributed by atoms with Crippen LogP contribution in [0.2, 0.25) is 0 Å². The van der Waals surface area contributed by atoms with E-state index in [1.165, 1.54) is 117 Å². The molecule has 0 saturated carbocycles. The van der Waals surface area contributed by atoms with Crippen molar-refractivity contribution in [2.24, 2.45) is 16.7 Å². The zero-order valence-electron chi connectivity index (χ0n) is 50.5. The van der Waals surface area contributed by atoms with E-state index in [0.29, 0.717) is 5.92 Å². The lowest BCUT2D eigenvalue weighted by atomic mass is 9.58. The Balaban J connectivity index is 0.804. The Hall–Kier alpha value is -8.78. The molecule has 1 heteroatoms. The van der Waals surface area contributed by atoms with Gasteiger partial charge in [0.15, 0.2) is 0 Å². The van der Waals surface area contributed by atoms with Crippen molar-refractivity contribution < 1.29 is 0 Å². The van der Waals surface area contributed by atoms with Gasteiger partial charge in [-0.1, -0.05) is 275 Å². The number of nitrogens with zero attached hydrogens (tertiary/aromatic N) is 1. The summed E-state index contributed by atoms with van der Waals surface area (Å²) in [6, 6.07) is 96.5. The minimum atomic E-state index is -0.474. The first-order valence-corrected chi connectivity index (χ1v) is 30.4. The number of anilines is 3. The van der Waals surface area contributed by atoms with E-state index >= 15 is 0 Å². The van der Waals surface area contributed by atoms with Gasteiger partial charge >= 0.3 is 0 Å². The van der Waals surface area contributed by atoms with E-state index < -0.39 is 5.41 Å². The molecule has 0 fully saturated rings. The second-order valence-corrected chi connectivity index (χ2v) is 27.3. The summed E-state index contributed by atoms with van der Waals surface area (Å²) in [7, 11) is 0. The summed E-state index contributed by atoms with van der Waals surface area (Å²) in [5, 5.41) is 0. The van der Waals surface area contributed by atoms with Crippen LogP contribution in [-0.4, -0.2) is 0 Å². The summed E-state index contributed by atoms with van der Waals surface area (Å²) >= 11 is 0. The monoisotopic (exact) mass is 1090 g/mol. The lowest BCUT2D eigenvalue weighted by molar-refractivity contribution is 0.120. The molecule has 11 aromatic rings. The van der Waals surface area contributed by atoms with Crippen molar-refractivity contribution in [1.82, 2.24) is 0 Å². The van der Waals surface area contributed by atoms with Crippen LogP contribution in [0.5, 0.6) is 0 Å². The maximum absolute atomic E-state index is 2.53. The van der Waals surface area contributed by atoms with Crippen LogP contribution in [0.4, 0.5) is 17.1 Å². The Morgan fingerprint density at radius 1 is 0.321 bits per heavy atom. The van der Waals surface area contributed by atoms with Crippen molar-refractivity contribution in [3.05, 3.63) is 294 Å². The standard InChI is InChI=1S/C83H75N/c1-54(79(2,3)4)53-82(10,80(5,6)7)63-40-32-60(33-41-63)62-39-48-72-69-24-16-19-27-75(69)83(78(72)51-62)74-26-18-15-23-68(74)71-47-38-61(50-77(71)83)59-30-28-56(29-31-59)58-36-44-65(45-37-58)84(64-42-34-57(35-43-64)55-20-12-11-13-21-55)66-46-49-70-67-22-14-17-25-73(67)81(8,9)76(70)52-66/h11-52,54H,53H2,1-10H3. The quantitative estimate of drug-likeness (QED) is 0.132.